The number of nitrogens with zero attached hydrogens (tertiary/aromatic N) is 3. The smallest absolute Gasteiger partial charge is 0.323 e. The summed E-state index contributed by atoms with van der Waals surface area (Å²) in [5.74, 6) is -0.351. The summed E-state index contributed by atoms with van der Waals surface area (Å²) in [5, 5.41) is 0. The molecule has 7 heteroatoms. The summed E-state index contributed by atoms with van der Waals surface area (Å²) in [4.78, 5) is 20.3. The fraction of sp³-hybridized carbons (Fsp3) is 0.188. The van der Waals surface area contributed by atoms with Crippen LogP contribution in [0.25, 0.3) is 17.0 Å². The van der Waals surface area contributed by atoms with Crippen LogP contribution in [0.1, 0.15) is 5.69 Å². The molecule has 0 radical (unpaired) electrons. The first-order chi connectivity index (χ1) is 11.1. The average Bonchev–Trinajstić information content (AvgIpc) is 2.93. The number of fused-ring (bicyclic) bond motifs is 1. The van der Waals surface area contributed by atoms with Gasteiger partial charge in [0.05, 0.1) is 18.5 Å². The number of ether oxygens (including phenoxy) is 1. The van der Waals surface area contributed by atoms with E-state index in [-0.39, 0.29) is 12.2 Å². The van der Waals surface area contributed by atoms with E-state index >= 15 is 0 Å². The number of imidazole rings is 1. The first-order valence-electron chi connectivity index (χ1n) is 7.01. The molecule has 0 aliphatic rings. The third kappa shape index (κ3) is 2.91. The van der Waals surface area contributed by atoms with Crippen LogP contribution in [0.15, 0.2) is 42.7 Å². The molecular formula is C16H15FN4O2. The van der Waals surface area contributed by atoms with Crippen LogP contribution >= 0.6 is 0 Å². The van der Waals surface area contributed by atoms with Gasteiger partial charge in [-0.1, -0.05) is 0 Å². The Morgan fingerprint density at radius 2 is 2.13 bits per heavy atom. The second kappa shape index (κ2) is 6.13. The third-order valence-electron chi connectivity index (χ3n) is 3.54. The number of hydrogen-bond acceptors (Lipinski definition) is 5. The second-order valence-electron chi connectivity index (χ2n) is 5.04. The zero-order valence-corrected chi connectivity index (χ0v) is 12.4. The lowest BCUT2D eigenvalue weighted by molar-refractivity contribution is -0.142. The molecule has 1 unspecified atom stereocenters. The quantitative estimate of drug-likeness (QED) is 0.739. The molecule has 23 heavy (non-hydrogen) atoms. The van der Waals surface area contributed by atoms with Gasteiger partial charge in [0.15, 0.2) is 0 Å². The fourth-order valence-corrected chi connectivity index (χ4v) is 2.41. The Morgan fingerprint density at radius 1 is 1.39 bits per heavy atom. The topological polar surface area (TPSA) is 82.5 Å². The van der Waals surface area contributed by atoms with Crippen LogP contribution < -0.4 is 5.73 Å². The molecular weight excluding hydrogens is 299 g/mol. The standard InChI is InChI=1S/C16H15FN4O2/c1-23-15(22)12(18)9-13-14(10-3-5-11(17)6-4-10)20-16-19-7-2-8-21(13)16/h2-8,12H,9,18H2,1H3. The van der Waals surface area contributed by atoms with E-state index in [4.69, 9.17) is 5.73 Å². The molecule has 2 aromatic heterocycles. The van der Waals surface area contributed by atoms with Crippen LogP contribution in [0.2, 0.25) is 0 Å². The van der Waals surface area contributed by atoms with Crippen LogP contribution in [0.5, 0.6) is 0 Å². The van der Waals surface area contributed by atoms with Crippen LogP contribution in [0.4, 0.5) is 4.39 Å². The van der Waals surface area contributed by atoms with Gasteiger partial charge in [0.25, 0.3) is 0 Å². The molecule has 0 amide bonds. The Balaban J connectivity index is 2.11. The molecule has 0 bridgehead atoms. The van der Waals surface area contributed by atoms with Crippen LogP contribution in [0.3, 0.4) is 0 Å². The van der Waals surface area contributed by atoms with Crippen molar-refractivity contribution in [2.75, 3.05) is 7.11 Å². The highest BCUT2D eigenvalue weighted by atomic mass is 19.1. The molecule has 0 saturated heterocycles. The van der Waals surface area contributed by atoms with Gasteiger partial charge < -0.3 is 10.5 Å². The number of carbonyl (C=O) groups excluding carboxylic acids is 1. The van der Waals surface area contributed by atoms with Gasteiger partial charge in [0.2, 0.25) is 5.78 Å². The minimum absolute atomic E-state index is 0.228. The molecule has 0 aliphatic carbocycles. The van der Waals surface area contributed by atoms with Crippen molar-refractivity contribution in [2.24, 2.45) is 5.73 Å². The number of benzene rings is 1. The first kappa shape index (κ1) is 15.1. The summed E-state index contributed by atoms with van der Waals surface area (Å²) in [7, 11) is 1.29. The van der Waals surface area contributed by atoms with Crippen molar-refractivity contribution in [1.82, 2.24) is 14.4 Å². The molecule has 0 aliphatic heterocycles. The largest absolute Gasteiger partial charge is 0.468 e. The maximum atomic E-state index is 13.2. The van der Waals surface area contributed by atoms with Crippen molar-refractivity contribution in [2.45, 2.75) is 12.5 Å². The Bertz CT molecular complexity index is 845. The normalized spacial score (nSPS) is 12.3. The highest BCUT2D eigenvalue weighted by Crippen LogP contribution is 2.25. The number of carbonyl (C=O) groups is 1. The molecule has 2 heterocycles. The van der Waals surface area contributed by atoms with Gasteiger partial charge in [0, 0.05) is 24.4 Å². The molecule has 6 nitrogen and oxygen atoms in total. The van der Waals surface area contributed by atoms with Gasteiger partial charge in [-0.3, -0.25) is 9.20 Å². The zero-order valence-electron chi connectivity index (χ0n) is 12.4. The van der Waals surface area contributed by atoms with E-state index in [1.54, 1.807) is 35.0 Å². The van der Waals surface area contributed by atoms with Crippen molar-refractivity contribution in [3.63, 3.8) is 0 Å². The highest BCUT2D eigenvalue weighted by Gasteiger charge is 2.21. The second-order valence-corrected chi connectivity index (χ2v) is 5.04. The molecule has 0 fully saturated rings. The molecule has 3 aromatic rings. The summed E-state index contributed by atoms with van der Waals surface area (Å²) < 4.78 is 19.6. The monoisotopic (exact) mass is 314 g/mol. The van der Waals surface area contributed by atoms with Gasteiger partial charge in [-0.25, -0.2) is 14.4 Å². The van der Waals surface area contributed by atoms with Crippen molar-refractivity contribution < 1.29 is 13.9 Å². The lowest BCUT2D eigenvalue weighted by Gasteiger charge is -2.10. The first-order valence-corrected chi connectivity index (χ1v) is 7.01. The summed E-state index contributed by atoms with van der Waals surface area (Å²) in [5.41, 5.74) is 7.94. The van der Waals surface area contributed by atoms with E-state index in [0.29, 0.717) is 11.5 Å². The number of hydrogen-bond donors (Lipinski definition) is 1. The number of nitrogens with two attached hydrogens (primary N) is 1. The maximum absolute atomic E-state index is 13.2. The molecule has 0 spiro atoms. The number of halogens is 1. The predicted molar refractivity (Wildman–Crippen MR) is 82.1 cm³/mol. The predicted octanol–water partition coefficient (Wildman–Crippen LogP) is 1.58. The van der Waals surface area contributed by atoms with Crippen molar-refractivity contribution in [3.05, 3.63) is 54.2 Å². The van der Waals surface area contributed by atoms with E-state index in [0.717, 1.165) is 11.3 Å². The van der Waals surface area contributed by atoms with Gasteiger partial charge in [0.1, 0.15) is 11.9 Å². The van der Waals surface area contributed by atoms with Gasteiger partial charge in [-0.05, 0) is 30.3 Å². The zero-order chi connectivity index (χ0) is 16.4. The van der Waals surface area contributed by atoms with E-state index in [2.05, 4.69) is 14.7 Å². The molecule has 1 atom stereocenters. The SMILES string of the molecule is COC(=O)C(N)Cc1c(-c2ccc(F)cc2)nc2ncccn12. The Kier molecular flexibility index (Phi) is 4.03. The van der Waals surface area contributed by atoms with Crippen LogP contribution in [-0.2, 0) is 16.0 Å². The van der Waals surface area contributed by atoms with Crippen LogP contribution in [-0.4, -0.2) is 33.5 Å². The minimum atomic E-state index is -0.820. The Hall–Kier alpha value is -2.80. The fourth-order valence-electron chi connectivity index (χ4n) is 2.41. The summed E-state index contributed by atoms with van der Waals surface area (Å²) in [6.07, 6.45) is 3.65. The number of esters is 1. The van der Waals surface area contributed by atoms with Crippen LogP contribution in [0, 0.1) is 5.82 Å². The molecule has 3 rings (SSSR count). The minimum Gasteiger partial charge on any atom is -0.468 e. The van der Waals surface area contributed by atoms with Gasteiger partial charge in [-0.15, -0.1) is 0 Å². The van der Waals surface area contributed by atoms with E-state index < -0.39 is 12.0 Å². The Labute approximate surface area is 131 Å². The summed E-state index contributed by atoms with van der Waals surface area (Å²) in [6, 6.07) is 6.91. The van der Waals surface area contributed by atoms with E-state index in [9.17, 15) is 9.18 Å². The molecule has 118 valence electrons. The summed E-state index contributed by atoms with van der Waals surface area (Å²) >= 11 is 0. The van der Waals surface area contributed by atoms with E-state index in [1.807, 2.05) is 0 Å². The third-order valence-corrected chi connectivity index (χ3v) is 3.54. The maximum Gasteiger partial charge on any atom is 0.323 e. The van der Waals surface area contributed by atoms with E-state index in [1.165, 1.54) is 19.2 Å². The Morgan fingerprint density at radius 3 is 2.83 bits per heavy atom. The average molecular weight is 314 g/mol. The summed E-state index contributed by atoms with van der Waals surface area (Å²) in [6.45, 7) is 0. The van der Waals surface area contributed by atoms with Gasteiger partial charge >= 0.3 is 5.97 Å². The lowest BCUT2D eigenvalue weighted by Crippen LogP contribution is -2.34. The number of rotatable bonds is 4. The highest BCUT2D eigenvalue weighted by molar-refractivity contribution is 5.76. The van der Waals surface area contributed by atoms with Crippen molar-refractivity contribution in [3.8, 4) is 11.3 Å². The molecule has 2 N–H and O–H groups in total. The molecule has 1 aromatic carbocycles. The molecule has 0 saturated carbocycles. The number of methoxy groups -OCH3 is 1. The number of aromatic nitrogens is 3. The lowest BCUT2D eigenvalue weighted by atomic mass is 10.1. The van der Waals surface area contributed by atoms with Crippen molar-refractivity contribution in [1.29, 1.82) is 0 Å². The van der Waals surface area contributed by atoms with Crippen molar-refractivity contribution >= 4 is 11.7 Å². The van der Waals surface area contributed by atoms with Gasteiger partial charge in [-0.2, -0.15) is 0 Å².